The average Bonchev–Trinajstić information content (AvgIpc) is 2.73. The smallest absolute Gasteiger partial charge is 0.0459 e. The summed E-state index contributed by atoms with van der Waals surface area (Å²) in [6.07, 6.45) is 7.50. The molecule has 1 saturated carbocycles. The Kier molecular flexibility index (Phi) is 2.28. The van der Waals surface area contributed by atoms with Crippen molar-refractivity contribution in [2.45, 2.75) is 50.5 Å². The summed E-state index contributed by atoms with van der Waals surface area (Å²) in [5.41, 5.74) is 11.8. The van der Waals surface area contributed by atoms with Gasteiger partial charge in [0.1, 0.15) is 0 Å². The van der Waals surface area contributed by atoms with Crippen LogP contribution in [0.3, 0.4) is 0 Å². The lowest BCUT2D eigenvalue weighted by Crippen LogP contribution is -2.34. The van der Waals surface area contributed by atoms with Gasteiger partial charge in [-0.25, -0.2) is 0 Å². The van der Waals surface area contributed by atoms with E-state index in [1.165, 1.54) is 47.8 Å². The number of benzene rings is 1. The highest BCUT2D eigenvalue weighted by molar-refractivity contribution is 5.85. The highest BCUT2D eigenvalue weighted by Crippen LogP contribution is 2.38. The molecule has 0 saturated heterocycles. The van der Waals surface area contributed by atoms with Gasteiger partial charge in [0, 0.05) is 22.6 Å². The Balaban J connectivity index is 1.79. The van der Waals surface area contributed by atoms with Crippen LogP contribution in [0, 0.1) is 0 Å². The fraction of sp³-hybridized carbons (Fsp3) is 0.500. The number of H-pyrrole nitrogens is 1. The first-order valence-electron chi connectivity index (χ1n) is 7.20. The van der Waals surface area contributed by atoms with Gasteiger partial charge in [-0.05, 0) is 67.7 Å². The molecule has 2 heteroatoms. The monoisotopic (exact) mass is 240 g/mol. The summed E-state index contributed by atoms with van der Waals surface area (Å²) >= 11 is 0. The summed E-state index contributed by atoms with van der Waals surface area (Å²) in [6, 6.07) is 7.42. The molecule has 1 aromatic carbocycles. The second-order valence-electron chi connectivity index (χ2n) is 6.02. The Morgan fingerprint density at radius 3 is 2.78 bits per heavy atom. The van der Waals surface area contributed by atoms with Crippen LogP contribution >= 0.6 is 0 Å². The minimum atomic E-state index is 0.436. The topological polar surface area (TPSA) is 41.8 Å². The third kappa shape index (κ3) is 1.52. The molecular weight excluding hydrogens is 220 g/mol. The number of hydrogen-bond donors (Lipinski definition) is 2. The second kappa shape index (κ2) is 3.86. The maximum absolute atomic E-state index is 5.90. The Labute approximate surface area is 108 Å². The van der Waals surface area contributed by atoms with Gasteiger partial charge in [0.05, 0.1) is 0 Å². The Morgan fingerprint density at radius 1 is 1.11 bits per heavy atom. The second-order valence-corrected chi connectivity index (χ2v) is 6.02. The van der Waals surface area contributed by atoms with Crippen molar-refractivity contribution in [1.29, 1.82) is 0 Å². The molecule has 0 spiro atoms. The van der Waals surface area contributed by atoms with Crippen LogP contribution in [0.15, 0.2) is 18.2 Å². The van der Waals surface area contributed by atoms with Gasteiger partial charge in [-0.2, -0.15) is 0 Å². The van der Waals surface area contributed by atoms with Crippen LogP contribution in [-0.4, -0.2) is 11.0 Å². The average molecular weight is 240 g/mol. The summed E-state index contributed by atoms with van der Waals surface area (Å²) in [6.45, 7) is 0. The molecule has 0 unspecified atom stereocenters. The minimum absolute atomic E-state index is 0.436. The van der Waals surface area contributed by atoms with E-state index in [-0.39, 0.29) is 0 Å². The normalized spacial score (nSPS) is 26.9. The van der Waals surface area contributed by atoms with Gasteiger partial charge in [0.25, 0.3) is 0 Å². The molecule has 2 aliphatic carbocycles. The molecule has 18 heavy (non-hydrogen) atoms. The first-order valence-corrected chi connectivity index (χ1v) is 7.20. The number of aromatic amines is 1. The molecule has 1 aromatic heterocycles. The number of fused-ring (bicyclic) bond motifs is 3. The number of rotatable bonds is 1. The lowest BCUT2D eigenvalue weighted by atomic mass is 9.76. The van der Waals surface area contributed by atoms with Gasteiger partial charge >= 0.3 is 0 Å². The minimum Gasteiger partial charge on any atom is -0.358 e. The number of aryl methyl sites for hydroxylation is 2. The van der Waals surface area contributed by atoms with E-state index in [2.05, 4.69) is 23.2 Å². The molecule has 94 valence electrons. The van der Waals surface area contributed by atoms with Crippen LogP contribution in [0.1, 0.15) is 48.4 Å². The maximum Gasteiger partial charge on any atom is 0.0459 e. The molecule has 2 nitrogen and oxygen atoms in total. The van der Waals surface area contributed by atoms with E-state index in [0.29, 0.717) is 12.0 Å². The van der Waals surface area contributed by atoms with Gasteiger partial charge in [0.15, 0.2) is 0 Å². The molecule has 3 N–H and O–H groups in total. The molecule has 4 rings (SSSR count). The van der Waals surface area contributed by atoms with E-state index in [4.69, 9.17) is 5.73 Å². The van der Waals surface area contributed by atoms with E-state index in [9.17, 15) is 0 Å². The van der Waals surface area contributed by atoms with Crippen molar-refractivity contribution >= 4 is 10.9 Å². The molecule has 0 atom stereocenters. The molecule has 0 aliphatic heterocycles. The Hall–Kier alpha value is -1.28. The number of nitrogens with two attached hydrogens (primary N) is 1. The highest BCUT2D eigenvalue weighted by atomic mass is 14.7. The van der Waals surface area contributed by atoms with Gasteiger partial charge in [-0.1, -0.05) is 6.07 Å². The molecule has 1 fully saturated rings. The summed E-state index contributed by atoms with van der Waals surface area (Å²) in [4.78, 5) is 3.60. The van der Waals surface area contributed by atoms with Crippen LogP contribution in [0.5, 0.6) is 0 Å². The highest BCUT2D eigenvalue weighted by Gasteiger charge is 2.27. The van der Waals surface area contributed by atoms with Crippen LogP contribution < -0.4 is 5.73 Å². The maximum atomic E-state index is 5.90. The van der Waals surface area contributed by atoms with Gasteiger partial charge < -0.3 is 10.7 Å². The van der Waals surface area contributed by atoms with Crippen molar-refractivity contribution in [2.24, 2.45) is 5.73 Å². The lowest BCUT2D eigenvalue weighted by molar-refractivity contribution is 0.352. The summed E-state index contributed by atoms with van der Waals surface area (Å²) in [5, 5.41) is 1.47. The summed E-state index contributed by atoms with van der Waals surface area (Å²) in [5.74, 6) is 0.707. The van der Waals surface area contributed by atoms with Crippen molar-refractivity contribution in [3.05, 3.63) is 35.0 Å². The molecule has 0 bridgehead atoms. The Bertz CT molecular complexity index is 590. The predicted molar refractivity (Wildman–Crippen MR) is 74.9 cm³/mol. The first kappa shape index (κ1) is 10.6. The molecule has 2 aliphatic rings. The van der Waals surface area contributed by atoms with Crippen molar-refractivity contribution in [3.8, 4) is 0 Å². The van der Waals surface area contributed by atoms with Gasteiger partial charge in [-0.3, -0.25) is 0 Å². The number of aromatic nitrogens is 1. The van der Waals surface area contributed by atoms with Crippen molar-refractivity contribution in [1.82, 2.24) is 4.98 Å². The third-order valence-electron chi connectivity index (χ3n) is 4.77. The quantitative estimate of drug-likeness (QED) is 0.789. The third-order valence-corrected chi connectivity index (χ3v) is 4.77. The SMILES string of the molecule is NC1CC(c2ccc3[nH]c4c(c3c2)CCCC4)C1. The fourth-order valence-corrected chi connectivity index (χ4v) is 3.61. The number of nitrogens with one attached hydrogen (secondary N) is 1. The zero-order chi connectivity index (χ0) is 12.1. The van der Waals surface area contributed by atoms with E-state index < -0.39 is 0 Å². The molecule has 1 heterocycles. The van der Waals surface area contributed by atoms with E-state index in [1.54, 1.807) is 5.56 Å². The zero-order valence-corrected chi connectivity index (χ0v) is 10.7. The molecule has 0 radical (unpaired) electrons. The van der Waals surface area contributed by atoms with Crippen LogP contribution in [0.2, 0.25) is 0 Å². The van der Waals surface area contributed by atoms with Crippen molar-refractivity contribution in [2.75, 3.05) is 0 Å². The van der Waals surface area contributed by atoms with Crippen LogP contribution in [0.4, 0.5) is 0 Å². The first-order chi connectivity index (χ1) is 8.81. The van der Waals surface area contributed by atoms with Gasteiger partial charge in [-0.15, -0.1) is 0 Å². The molecule has 0 amide bonds. The molecule has 2 aromatic rings. The van der Waals surface area contributed by atoms with E-state index in [0.717, 1.165) is 12.8 Å². The van der Waals surface area contributed by atoms with Crippen LogP contribution in [-0.2, 0) is 12.8 Å². The fourth-order valence-electron chi connectivity index (χ4n) is 3.61. The summed E-state index contributed by atoms with van der Waals surface area (Å²) in [7, 11) is 0. The lowest BCUT2D eigenvalue weighted by Gasteiger charge is -2.32. The van der Waals surface area contributed by atoms with Crippen LogP contribution in [0.25, 0.3) is 10.9 Å². The predicted octanol–water partition coefficient (Wildman–Crippen LogP) is 3.25. The van der Waals surface area contributed by atoms with Gasteiger partial charge in [0.2, 0.25) is 0 Å². The summed E-state index contributed by atoms with van der Waals surface area (Å²) < 4.78 is 0. The van der Waals surface area contributed by atoms with E-state index >= 15 is 0 Å². The van der Waals surface area contributed by atoms with Crippen molar-refractivity contribution < 1.29 is 0 Å². The van der Waals surface area contributed by atoms with Crippen molar-refractivity contribution in [3.63, 3.8) is 0 Å². The van der Waals surface area contributed by atoms with E-state index in [1.807, 2.05) is 0 Å². The standard InChI is InChI=1S/C16H20N2/c17-12-7-11(8-12)10-5-6-16-14(9-10)13-3-1-2-4-15(13)18-16/h5-6,9,11-12,18H,1-4,7-8,17H2. The Morgan fingerprint density at radius 2 is 1.94 bits per heavy atom. The zero-order valence-electron chi connectivity index (χ0n) is 10.7. The molecular formula is C16H20N2. The number of hydrogen-bond acceptors (Lipinski definition) is 1. The largest absolute Gasteiger partial charge is 0.358 e.